The van der Waals surface area contributed by atoms with Gasteiger partial charge in [-0.05, 0) is 62.7 Å². The van der Waals surface area contributed by atoms with Gasteiger partial charge < -0.3 is 0 Å². The molecule has 0 saturated carbocycles. The fourth-order valence-electron chi connectivity index (χ4n) is 8.80. The molecule has 0 N–H and O–H groups in total. The van der Waals surface area contributed by atoms with E-state index < -0.39 is 5.41 Å². The van der Waals surface area contributed by atoms with Gasteiger partial charge in [0.15, 0.2) is 17.5 Å². The molecule has 0 amide bonds. The smallest absolute Gasteiger partial charge is 0.165 e. The first-order chi connectivity index (χ1) is 27.8. The van der Waals surface area contributed by atoms with Crippen molar-refractivity contribution < 1.29 is 0 Å². The predicted octanol–water partition coefficient (Wildman–Crippen LogP) is 13.3. The van der Waals surface area contributed by atoms with Gasteiger partial charge in [0.05, 0.1) is 5.41 Å². The van der Waals surface area contributed by atoms with Gasteiger partial charge in [-0.2, -0.15) is 0 Å². The third kappa shape index (κ3) is 5.00. The summed E-state index contributed by atoms with van der Waals surface area (Å²) < 4.78 is 2.42. The van der Waals surface area contributed by atoms with E-state index in [1.165, 1.54) is 53.6 Å². The van der Waals surface area contributed by atoms with Crippen molar-refractivity contribution in [3.8, 4) is 56.4 Å². The summed E-state index contributed by atoms with van der Waals surface area (Å²) in [6.45, 7) is 0. The highest BCUT2D eigenvalue weighted by Crippen LogP contribution is 2.56. The summed E-state index contributed by atoms with van der Waals surface area (Å²) in [6, 6.07) is 71.5. The Hall–Kier alpha value is -7.01. The lowest BCUT2D eigenvalue weighted by Gasteiger charge is -2.34. The first-order valence-corrected chi connectivity index (χ1v) is 19.8. The highest BCUT2D eigenvalue weighted by atomic mass is 32.1. The lowest BCUT2D eigenvalue weighted by Crippen LogP contribution is -2.28. The summed E-state index contributed by atoms with van der Waals surface area (Å²) in [4.78, 5) is 16.1. The molecule has 2 aromatic heterocycles. The molecule has 0 spiro atoms. The molecule has 56 heavy (non-hydrogen) atoms. The van der Waals surface area contributed by atoms with E-state index in [0.29, 0.717) is 17.5 Å². The first kappa shape index (κ1) is 32.4. The second-order valence-corrected chi connectivity index (χ2v) is 15.3. The Morgan fingerprint density at radius 1 is 0.339 bits per heavy atom. The van der Waals surface area contributed by atoms with Gasteiger partial charge in [0.1, 0.15) is 0 Å². The highest BCUT2D eigenvalue weighted by molar-refractivity contribution is 7.26. The molecule has 0 fully saturated rings. The van der Waals surface area contributed by atoms with Crippen LogP contribution in [0.5, 0.6) is 0 Å². The third-order valence-electron chi connectivity index (χ3n) is 11.2. The number of rotatable bonds is 6. The second-order valence-electron chi connectivity index (χ2n) is 14.3. The van der Waals surface area contributed by atoms with E-state index in [9.17, 15) is 0 Å². The molecule has 0 unspecified atom stereocenters. The predicted molar refractivity (Wildman–Crippen MR) is 232 cm³/mol. The molecular formula is C52H33N3S. The zero-order valence-electron chi connectivity index (χ0n) is 30.3. The molecule has 262 valence electrons. The average Bonchev–Trinajstić information content (AvgIpc) is 3.81. The van der Waals surface area contributed by atoms with E-state index >= 15 is 0 Å². The van der Waals surface area contributed by atoms with Crippen molar-refractivity contribution in [2.75, 3.05) is 0 Å². The van der Waals surface area contributed by atoms with E-state index in [0.717, 1.165) is 27.8 Å². The van der Waals surface area contributed by atoms with Gasteiger partial charge in [0.25, 0.3) is 0 Å². The number of hydrogen-bond donors (Lipinski definition) is 0. The van der Waals surface area contributed by atoms with Crippen molar-refractivity contribution in [3.05, 3.63) is 222 Å². The van der Waals surface area contributed by atoms with Crippen molar-refractivity contribution in [3.63, 3.8) is 0 Å². The second kappa shape index (κ2) is 13.1. The van der Waals surface area contributed by atoms with Gasteiger partial charge in [-0.15, -0.1) is 11.3 Å². The van der Waals surface area contributed by atoms with Crippen molar-refractivity contribution in [2.24, 2.45) is 0 Å². The van der Waals surface area contributed by atoms with E-state index in [-0.39, 0.29) is 0 Å². The van der Waals surface area contributed by atoms with Crippen molar-refractivity contribution in [2.45, 2.75) is 5.41 Å². The largest absolute Gasteiger partial charge is 0.208 e. The zero-order chi connectivity index (χ0) is 37.1. The Bertz CT molecular complexity index is 3040. The standard InChI is InChI=1S/C52H33N3S/c1-4-17-34(18-5-1)38-23-10-11-26-43(38)50-53-49(54-51(55-50)44-28-16-27-42-41-25-13-15-30-47(41)56-48(42)44)35-31-32-40-39-24-12-14-29-45(39)52(46(40)33-35,36-19-6-2-7-20-36)37-21-8-3-9-22-37/h1-33H. The maximum atomic E-state index is 5.37. The molecule has 3 nitrogen and oxygen atoms in total. The number of thiophene rings is 1. The fourth-order valence-corrected chi connectivity index (χ4v) is 10.0. The minimum Gasteiger partial charge on any atom is -0.208 e. The molecular weight excluding hydrogens is 699 g/mol. The molecule has 0 saturated heterocycles. The maximum absolute atomic E-state index is 5.37. The summed E-state index contributed by atoms with van der Waals surface area (Å²) in [5.41, 5.74) is 12.0. The molecule has 1 aliphatic carbocycles. The van der Waals surface area contributed by atoms with Crippen LogP contribution in [0.1, 0.15) is 22.3 Å². The van der Waals surface area contributed by atoms with Gasteiger partial charge in [0.2, 0.25) is 0 Å². The van der Waals surface area contributed by atoms with E-state index in [4.69, 9.17) is 15.0 Å². The van der Waals surface area contributed by atoms with Gasteiger partial charge in [-0.1, -0.05) is 182 Å². The lowest BCUT2D eigenvalue weighted by molar-refractivity contribution is 0.768. The van der Waals surface area contributed by atoms with Gasteiger partial charge >= 0.3 is 0 Å². The SMILES string of the molecule is c1ccc(-c2ccccc2-c2nc(-c3ccc4c(c3)C(c3ccccc3)(c3ccccc3)c3ccccc3-4)nc(-c3cccc4c3sc3ccccc34)n2)cc1. The molecule has 10 aromatic rings. The molecule has 1 aliphatic rings. The monoisotopic (exact) mass is 731 g/mol. The Morgan fingerprint density at radius 3 is 1.62 bits per heavy atom. The van der Waals surface area contributed by atoms with Crippen LogP contribution in [0.25, 0.3) is 76.6 Å². The number of benzene rings is 8. The van der Waals surface area contributed by atoms with Crippen LogP contribution >= 0.6 is 11.3 Å². The Labute approximate surface area is 329 Å². The normalized spacial score (nSPS) is 12.8. The van der Waals surface area contributed by atoms with Gasteiger partial charge in [-0.3, -0.25) is 0 Å². The zero-order valence-corrected chi connectivity index (χ0v) is 31.1. The van der Waals surface area contributed by atoms with Crippen LogP contribution in [0.2, 0.25) is 0 Å². The van der Waals surface area contributed by atoms with Crippen LogP contribution in [0.15, 0.2) is 200 Å². The van der Waals surface area contributed by atoms with Gasteiger partial charge in [0, 0.05) is 36.9 Å². The number of aromatic nitrogens is 3. The fraction of sp³-hybridized carbons (Fsp3) is 0.0192. The van der Waals surface area contributed by atoms with E-state index in [2.05, 4.69) is 194 Å². The Kier molecular flexibility index (Phi) is 7.58. The third-order valence-corrected chi connectivity index (χ3v) is 12.5. The van der Waals surface area contributed by atoms with Crippen LogP contribution in [0, 0.1) is 0 Å². The molecule has 8 aromatic carbocycles. The van der Waals surface area contributed by atoms with Crippen LogP contribution in [0.3, 0.4) is 0 Å². The molecule has 0 bridgehead atoms. The van der Waals surface area contributed by atoms with Crippen LogP contribution in [-0.4, -0.2) is 15.0 Å². The molecule has 11 rings (SSSR count). The maximum Gasteiger partial charge on any atom is 0.165 e. The number of hydrogen-bond acceptors (Lipinski definition) is 4. The van der Waals surface area contributed by atoms with Crippen LogP contribution in [0.4, 0.5) is 0 Å². The summed E-state index contributed by atoms with van der Waals surface area (Å²) >= 11 is 1.79. The first-order valence-electron chi connectivity index (χ1n) is 18.9. The Morgan fingerprint density at radius 2 is 0.875 bits per heavy atom. The van der Waals surface area contributed by atoms with Crippen LogP contribution in [-0.2, 0) is 5.41 Å². The number of fused-ring (bicyclic) bond motifs is 6. The lowest BCUT2D eigenvalue weighted by atomic mass is 9.67. The van der Waals surface area contributed by atoms with Gasteiger partial charge in [-0.25, -0.2) is 15.0 Å². The molecule has 4 heteroatoms. The molecule has 0 aliphatic heterocycles. The summed E-state index contributed by atoms with van der Waals surface area (Å²) in [5.74, 6) is 1.94. The van der Waals surface area contributed by atoms with Crippen molar-refractivity contribution >= 4 is 31.5 Å². The van der Waals surface area contributed by atoms with E-state index in [1.807, 2.05) is 6.07 Å². The Balaban J connectivity index is 1.19. The quantitative estimate of drug-likeness (QED) is 0.171. The molecule has 2 heterocycles. The molecule has 0 atom stereocenters. The molecule has 0 radical (unpaired) electrons. The minimum absolute atomic E-state index is 0.536. The van der Waals surface area contributed by atoms with Crippen LogP contribution < -0.4 is 0 Å². The summed E-state index contributed by atoms with van der Waals surface area (Å²) in [7, 11) is 0. The van der Waals surface area contributed by atoms with Crippen molar-refractivity contribution in [1.29, 1.82) is 0 Å². The van der Waals surface area contributed by atoms with E-state index in [1.54, 1.807) is 11.3 Å². The topological polar surface area (TPSA) is 38.7 Å². The highest BCUT2D eigenvalue weighted by Gasteiger charge is 2.46. The van der Waals surface area contributed by atoms with Crippen molar-refractivity contribution in [1.82, 2.24) is 15.0 Å². The number of nitrogens with zero attached hydrogens (tertiary/aromatic N) is 3. The minimum atomic E-state index is -0.536. The summed E-state index contributed by atoms with van der Waals surface area (Å²) in [5, 5.41) is 2.46. The summed E-state index contributed by atoms with van der Waals surface area (Å²) in [6.07, 6.45) is 0. The average molecular weight is 732 g/mol.